The minimum Gasteiger partial charge on any atom is -0.386 e. The number of ether oxygens (including phenoxy) is 2. The molecule has 8 nitrogen and oxygen atoms in total. The monoisotopic (exact) mass is 602 g/mol. The van der Waals surface area contributed by atoms with Gasteiger partial charge in [0, 0.05) is 33.0 Å². The zero-order valence-corrected chi connectivity index (χ0v) is 23.7. The largest absolute Gasteiger partial charge is 0.386 e. The number of ketones is 2. The van der Waals surface area contributed by atoms with E-state index in [0.717, 1.165) is 11.1 Å². The van der Waals surface area contributed by atoms with Crippen LogP contribution in [0.4, 0.5) is 0 Å². The van der Waals surface area contributed by atoms with Crippen molar-refractivity contribution in [2.24, 2.45) is 0 Å². The summed E-state index contributed by atoms with van der Waals surface area (Å²) in [5.41, 5.74) is 4.16. The summed E-state index contributed by atoms with van der Waals surface area (Å²) >= 11 is 0. The molecule has 2 aliphatic rings. The van der Waals surface area contributed by atoms with Crippen LogP contribution in [-0.2, 0) is 9.47 Å². The minimum absolute atomic E-state index is 0.239. The van der Waals surface area contributed by atoms with E-state index < -0.39 is 23.9 Å². The van der Waals surface area contributed by atoms with Gasteiger partial charge in [0.25, 0.3) is 0 Å². The van der Waals surface area contributed by atoms with Crippen LogP contribution in [-0.4, -0.2) is 35.4 Å². The number of hydrogen-bond acceptors (Lipinski definition) is 8. The average Bonchev–Trinajstić information content (AvgIpc) is 3.08. The standard InChI is InChI=1S/C38H18O8/c39-33(25-15-17-29-31-23(25)3-1-5-27(31)35(41)45-37(29)43)21-11-7-19(8-12-21)20-9-13-22(14-10-20)34(40)26-16-18-30-32-24(26)4-2-6-28(32)36(42)46-38(30)44/h1-18H. The molecule has 0 amide bonds. The van der Waals surface area contributed by atoms with Gasteiger partial charge in [-0.1, -0.05) is 72.8 Å². The van der Waals surface area contributed by atoms with Crippen LogP contribution in [0.15, 0.2) is 109 Å². The summed E-state index contributed by atoms with van der Waals surface area (Å²) in [6, 6.07) is 30.0. The number of carbonyl (C=O) groups is 6. The second kappa shape index (κ2) is 10.0. The molecule has 0 saturated carbocycles. The van der Waals surface area contributed by atoms with Crippen molar-refractivity contribution in [2.45, 2.75) is 0 Å². The first-order chi connectivity index (χ1) is 22.3. The first-order valence-corrected chi connectivity index (χ1v) is 14.2. The Morgan fingerprint density at radius 3 is 1.11 bits per heavy atom. The molecule has 8 heteroatoms. The van der Waals surface area contributed by atoms with Crippen LogP contribution in [0.2, 0.25) is 0 Å². The lowest BCUT2D eigenvalue weighted by Crippen LogP contribution is -2.20. The van der Waals surface area contributed by atoms with E-state index >= 15 is 0 Å². The van der Waals surface area contributed by atoms with Gasteiger partial charge in [-0.25, -0.2) is 19.2 Å². The number of carbonyl (C=O) groups excluding carboxylic acids is 6. The minimum atomic E-state index is -0.742. The molecular weight excluding hydrogens is 584 g/mol. The highest BCUT2D eigenvalue weighted by molar-refractivity contribution is 6.27. The van der Waals surface area contributed by atoms with E-state index in [1.165, 1.54) is 12.1 Å². The molecule has 0 saturated heterocycles. The maximum atomic E-state index is 13.6. The molecule has 6 aromatic carbocycles. The van der Waals surface area contributed by atoms with Gasteiger partial charge >= 0.3 is 23.9 Å². The molecule has 0 atom stereocenters. The van der Waals surface area contributed by atoms with Gasteiger partial charge in [-0.3, -0.25) is 9.59 Å². The van der Waals surface area contributed by atoms with Crippen molar-refractivity contribution in [3.8, 4) is 11.1 Å². The summed E-state index contributed by atoms with van der Waals surface area (Å²) in [7, 11) is 0. The Morgan fingerprint density at radius 1 is 0.391 bits per heavy atom. The van der Waals surface area contributed by atoms with Gasteiger partial charge in [0.05, 0.1) is 22.3 Å². The highest BCUT2D eigenvalue weighted by atomic mass is 16.6. The second-order valence-corrected chi connectivity index (χ2v) is 10.9. The number of esters is 4. The SMILES string of the molecule is O=C(c1ccc(-c2ccc(C(=O)c3ccc4c5c(cccc35)C(=O)OC4=O)cc2)cc1)c1ccc2c3c(cccc13)C(=O)OC2=O. The van der Waals surface area contributed by atoms with Gasteiger partial charge < -0.3 is 9.47 Å². The molecule has 2 heterocycles. The molecule has 0 N–H and O–H groups in total. The molecule has 0 radical (unpaired) electrons. The fourth-order valence-electron chi connectivity index (χ4n) is 6.22. The van der Waals surface area contributed by atoms with Crippen molar-refractivity contribution in [1.29, 1.82) is 0 Å². The van der Waals surface area contributed by atoms with Crippen LogP contribution in [0.25, 0.3) is 32.7 Å². The Morgan fingerprint density at radius 2 is 0.739 bits per heavy atom. The first-order valence-electron chi connectivity index (χ1n) is 14.2. The third-order valence-electron chi connectivity index (χ3n) is 8.45. The Kier molecular flexibility index (Phi) is 5.88. The lowest BCUT2D eigenvalue weighted by Gasteiger charge is -2.17. The Labute approximate surface area is 259 Å². The van der Waals surface area contributed by atoms with Gasteiger partial charge in [0.2, 0.25) is 0 Å². The summed E-state index contributed by atoms with van der Waals surface area (Å²) in [5, 5.41) is 1.81. The molecule has 0 fully saturated rings. The number of hydrogen-bond donors (Lipinski definition) is 0. The van der Waals surface area contributed by atoms with Gasteiger partial charge in [0.1, 0.15) is 0 Å². The van der Waals surface area contributed by atoms with E-state index in [4.69, 9.17) is 9.47 Å². The summed E-state index contributed by atoms with van der Waals surface area (Å²) < 4.78 is 9.63. The summed E-state index contributed by atoms with van der Waals surface area (Å²) in [4.78, 5) is 76.2. The maximum absolute atomic E-state index is 13.6. The average molecular weight is 603 g/mol. The topological polar surface area (TPSA) is 121 Å². The predicted molar refractivity (Wildman–Crippen MR) is 166 cm³/mol. The predicted octanol–water partition coefficient (Wildman–Crippen LogP) is 6.74. The van der Waals surface area contributed by atoms with E-state index in [9.17, 15) is 28.8 Å². The summed E-state index contributed by atoms with van der Waals surface area (Å²) in [6.07, 6.45) is 0. The molecule has 218 valence electrons. The molecule has 8 rings (SSSR count). The van der Waals surface area contributed by atoms with Crippen molar-refractivity contribution in [2.75, 3.05) is 0 Å². The highest BCUT2D eigenvalue weighted by Gasteiger charge is 2.30. The quantitative estimate of drug-likeness (QED) is 0.121. The molecule has 0 aromatic heterocycles. The first kappa shape index (κ1) is 27.0. The summed E-state index contributed by atoms with van der Waals surface area (Å²) in [6.45, 7) is 0. The van der Waals surface area contributed by atoms with Crippen LogP contribution in [0.5, 0.6) is 0 Å². The molecule has 6 aromatic rings. The smallest absolute Gasteiger partial charge is 0.346 e. The fourth-order valence-corrected chi connectivity index (χ4v) is 6.22. The molecule has 0 unspecified atom stereocenters. The van der Waals surface area contributed by atoms with Crippen molar-refractivity contribution in [3.05, 3.63) is 154 Å². The van der Waals surface area contributed by atoms with Crippen LogP contribution in [0, 0.1) is 0 Å². The van der Waals surface area contributed by atoms with Gasteiger partial charge in [-0.15, -0.1) is 0 Å². The highest BCUT2D eigenvalue weighted by Crippen LogP contribution is 2.34. The lowest BCUT2D eigenvalue weighted by atomic mass is 9.90. The van der Waals surface area contributed by atoms with Gasteiger partial charge in [0.15, 0.2) is 11.6 Å². The van der Waals surface area contributed by atoms with Gasteiger partial charge in [-0.05, 0) is 58.3 Å². The molecular formula is C38H18O8. The van der Waals surface area contributed by atoms with Crippen LogP contribution >= 0.6 is 0 Å². The maximum Gasteiger partial charge on any atom is 0.346 e. The van der Waals surface area contributed by atoms with E-state index in [2.05, 4.69) is 0 Å². The fraction of sp³-hybridized carbons (Fsp3) is 0. The van der Waals surface area contributed by atoms with E-state index in [1.807, 2.05) is 0 Å². The number of benzene rings is 6. The van der Waals surface area contributed by atoms with E-state index in [1.54, 1.807) is 97.1 Å². The van der Waals surface area contributed by atoms with Gasteiger partial charge in [-0.2, -0.15) is 0 Å². The Balaban J connectivity index is 1.08. The Hall–Kier alpha value is -6.54. The van der Waals surface area contributed by atoms with Crippen molar-refractivity contribution in [3.63, 3.8) is 0 Å². The zero-order valence-electron chi connectivity index (χ0n) is 23.7. The molecule has 0 aliphatic carbocycles. The second-order valence-electron chi connectivity index (χ2n) is 10.9. The molecule has 0 spiro atoms. The molecule has 2 aliphatic heterocycles. The normalized spacial score (nSPS) is 13.5. The van der Waals surface area contributed by atoms with E-state index in [-0.39, 0.29) is 33.8 Å². The number of rotatable bonds is 5. The van der Waals surface area contributed by atoms with Crippen LogP contribution < -0.4 is 0 Å². The Bertz CT molecular complexity index is 2190. The van der Waals surface area contributed by atoms with Crippen molar-refractivity contribution < 1.29 is 38.2 Å². The zero-order chi connectivity index (χ0) is 31.7. The lowest BCUT2D eigenvalue weighted by molar-refractivity contribution is 0.0373. The third-order valence-corrected chi connectivity index (χ3v) is 8.45. The van der Waals surface area contributed by atoms with Crippen LogP contribution in [0.3, 0.4) is 0 Å². The number of cyclic esters (lactones) is 4. The summed E-state index contributed by atoms with van der Waals surface area (Å²) in [5.74, 6) is -3.50. The van der Waals surface area contributed by atoms with Crippen molar-refractivity contribution >= 4 is 57.0 Å². The molecule has 46 heavy (non-hydrogen) atoms. The molecule has 0 bridgehead atoms. The third kappa shape index (κ3) is 4.01. The van der Waals surface area contributed by atoms with E-state index in [0.29, 0.717) is 43.8 Å². The van der Waals surface area contributed by atoms with Crippen molar-refractivity contribution in [1.82, 2.24) is 0 Å². The van der Waals surface area contributed by atoms with Crippen LogP contribution in [0.1, 0.15) is 73.3 Å².